The van der Waals surface area contributed by atoms with Crippen LogP contribution in [0.4, 0.5) is 0 Å². The molecule has 3 atom stereocenters. The zero-order valence-electron chi connectivity index (χ0n) is 15.6. The lowest BCUT2D eigenvalue weighted by molar-refractivity contribution is -0.135. The lowest BCUT2D eigenvalue weighted by atomic mass is 10.1. The molecular formula is C16H25N3O7S2. The molecule has 1 fully saturated rings. The van der Waals surface area contributed by atoms with Crippen LogP contribution in [0, 0.1) is 5.92 Å². The smallest absolute Gasteiger partial charge is 0.290 e. The molecule has 0 unspecified atom stereocenters. The minimum Gasteiger partial charge on any atom is -0.483 e. The van der Waals surface area contributed by atoms with Crippen molar-refractivity contribution in [2.75, 3.05) is 19.1 Å². The van der Waals surface area contributed by atoms with Gasteiger partial charge in [-0.1, -0.05) is 0 Å². The number of amides is 2. The third-order valence-electron chi connectivity index (χ3n) is 4.18. The molecule has 0 aliphatic heterocycles. The summed E-state index contributed by atoms with van der Waals surface area (Å²) in [4.78, 5) is 38.4. The fourth-order valence-corrected chi connectivity index (χ4v) is 3.98. The number of hydrogen-bond donors (Lipinski definition) is 3. The number of aliphatic hydroxyl groups excluding tert-OH is 1. The Morgan fingerprint density at radius 1 is 1.43 bits per heavy atom. The van der Waals surface area contributed by atoms with Gasteiger partial charge in [0.05, 0.1) is 35.6 Å². The summed E-state index contributed by atoms with van der Waals surface area (Å²) in [7, 11) is -1.53. The van der Waals surface area contributed by atoms with E-state index in [0.29, 0.717) is 13.0 Å². The molecule has 2 amide bonds. The summed E-state index contributed by atoms with van der Waals surface area (Å²) in [5.41, 5.74) is 2.51. The van der Waals surface area contributed by atoms with Crippen molar-refractivity contribution in [3.8, 4) is 0 Å². The Balaban J connectivity index is 0.00000122. The molecule has 1 aliphatic rings. The zero-order chi connectivity index (χ0) is 21.3. The van der Waals surface area contributed by atoms with E-state index in [4.69, 9.17) is 9.90 Å². The zero-order valence-corrected chi connectivity index (χ0v) is 17.3. The van der Waals surface area contributed by atoms with Crippen LogP contribution >= 0.6 is 11.3 Å². The van der Waals surface area contributed by atoms with Gasteiger partial charge in [0.25, 0.3) is 6.47 Å². The summed E-state index contributed by atoms with van der Waals surface area (Å²) in [5.74, 6) is -1.14. The van der Waals surface area contributed by atoms with Crippen LogP contribution in [0.1, 0.15) is 25.0 Å². The number of sulfone groups is 1. The standard InChI is InChI=1S/C15H23N3O5S2.CH2O2/c1-18(7-11-8-24-9-16-11)15(21)10-5-12(13(19)6-10)17-14(20)3-4-25(2,22)23;2-1-3/h8-10,12-13,19H,3-7H2,1-2H3,(H,17,20);1H,(H,2,3)/t10-,12+,13+;/m0./s1. The summed E-state index contributed by atoms with van der Waals surface area (Å²) in [5, 5.41) is 21.5. The summed E-state index contributed by atoms with van der Waals surface area (Å²) in [6.07, 6.45) is 0.717. The van der Waals surface area contributed by atoms with Crippen molar-refractivity contribution in [2.24, 2.45) is 5.92 Å². The largest absolute Gasteiger partial charge is 0.483 e. The van der Waals surface area contributed by atoms with Crippen LogP contribution in [-0.2, 0) is 30.8 Å². The van der Waals surface area contributed by atoms with Gasteiger partial charge in [-0.15, -0.1) is 11.3 Å². The van der Waals surface area contributed by atoms with Crippen molar-refractivity contribution in [1.82, 2.24) is 15.2 Å². The molecule has 0 bridgehead atoms. The first-order chi connectivity index (χ1) is 13.1. The average Bonchev–Trinajstić information content (AvgIpc) is 3.23. The number of carbonyl (C=O) groups excluding carboxylic acids is 2. The van der Waals surface area contributed by atoms with Crippen molar-refractivity contribution in [1.29, 1.82) is 0 Å². The van der Waals surface area contributed by atoms with Crippen LogP contribution in [0.25, 0.3) is 0 Å². The molecule has 0 spiro atoms. The number of nitrogens with one attached hydrogen (secondary N) is 1. The van der Waals surface area contributed by atoms with Gasteiger partial charge < -0.3 is 20.4 Å². The van der Waals surface area contributed by atoms with Crippen LogP contribution in [0.5, 0.6) is 0 Å². The maximum Gasteiger partial charge on any atom is 0.290 e. The minimum atomic E-state index is -3.22. The second-order valence-corrected chi connectivity index (χ2v) is 9.55. The fourth-order valence-electron chi connectivity index (χ4n) is 2.88. The molecule has 3 N–H and O–H groups in total. The molecule has 0 radical (unpaired) electrons. The Hall–Kier alpha value is -2.05. The highest BCUT2D eigenvalue weighted by Crippen LogP contribution is 2.28. The predicted octanol–water partition coefficient (Wildman–Crippen LogP) is -0.507. The van der Waals surface area contributed by atoms with E-state index >= 15 is 0 Å². The quantitative estimate of drug-likeness (QED) is 0.484. The Labute approximate surface area is 167 Å². The molecule has 1 saturated carbocycles. The molecule has 1 aromatic rings. The van der Waals surface area contributed by atoms with Gasteiger partial charge in [0.15, 0.2) is 0 Å². The second kappa shape index (κ2) is 11.1. The van der Waals surface area contributed by atoms with Gasteiger partial charge in [0.2, 0.25) is 11.8 Å². The first kappa shape index (κ1) is 24.0. The number of carbonyl (C=O) groups is 3. The van der Waals surface area contributed by atoms with Crippen LogP contribution in [0.15, 0.2) is 10.9 Å². The van der Waals surface area contributed by atoms with E-state index < -0.39 is 27.9 Å². The van der Waals surface area contributed by atoms with Crippen LogP contribution < -0.4 is 5.32 Å². The molecule has 0 aromatic carbocycles. The Morgan fingerprint density at radius 3 is 2.61 bits per heavy atom. The van der Waals surface area contributed by atoms with Crippen LogP contribution in [0.3, 0.4) is 0 Å². The lowest BCUT2D eigenvalue weighted by Gasteiger charge is -2.20. The van der Waals surface area contributed by atoms with E-state index in [9.17, 15) is 23.1 Å². The Morgan fingerprint density at radius 2 is 2.07 bits per heavy atom. The maximum atomic E-state index is 12.5. The number of rotatable bonds is 7. The summed E-state index contributed by atoms with van der Waals surface area (Å²) in [6, 6.07) is -0.534. The van der Waals surface area contributed by atoms with E-state index in [1.165, 1.54) is 11.3 Å². The van der Waals surface area contributed by atoms with Gasteiger partial charge in [-0.2, -0.15) is 0 Å². The van der Waals surface area contributed by atoms with Gasteiger partial charge in [0.1, 0.15) is 9.84 Å². The predicted molar refractivity (Wildman–Crippen MR) is 102 cm³/mol. The number of carboxylic acid groups (broad SMARTS) is 1. The van der Waals surface area contributed by atoms with Crippen molar-refractivity contribution in [3.05, 3.63) is 16.6 Å². The molecule has 1 aliphatic carbocycles. The van der Waals surface area contributed by atoms with Crippen molar-refractivity contribution < 1.29 is 33.0 Å². The Bertz CT molecular complexity index is 752. The summed E-state index contributed by atoms with van der Waals surface area (Å²) in [6.45, 7) is 0.153. The highest BCUT2D eigenvalue weighted by Gasteiger charge is 2.38. The Kier molecular flexibility index (Phi) is 9.49. The van der Waals surface area contributed by atoms with Gasteiger partial charge in [-0.3, -0.25) is 14.4 Å². The SMILES string of the molecule is CN(Cc1cscn1)C(=O)[C@@H]1C[C@@H](O)[C@H](NC(=O)CCS(C)(=O)=O)C1.O=CO. The highest BCUT2D eigenvalue weighted by atomic mass is 32.2. The highest BCUT2D eigenvalue weighted by molar-refractivity contribution is 7.90. The van der Waals surface area contributed by atoms with E-state index in [1.807, 2.05) is 5.38 Å². The number of nitrogens with zero attached hydrogens (tertiary/aromatic N) is 2. The fraction of sp³-hybridized carbons (Fsp3) is 0.625. The first-order valence-electron chi connectivity index (χ1n) is 8.42. The molecule has 12 heteroatoms. The van der Waals surface area contributed by atoms with Gasteiger partial charge in [0, 0.05) is 31.0 Å². The normalized spacial score (nSPS) is 21.3. The molecule has 158 valence electrons. The van der Waals surface area contributed by atoms with Crippen LogP contribution in [-0.4, -0.2) is 78.0 Å². The maximum absolute atomic E-state index is 12.5. The van der Waals surface area contributed by atoms with E-state index in [2.05, 4.69) is 10.3 Å². The number of aromatic nitrogens is 1. The molecular weight excluding hydrogens is 410 g/mol. The second-order valence-electron chi connectivity index (χ2n) is 6.57. The number of aliphatic hydroxyl groups is 1. The monoisotopic (exact) mass is 435 g/mol. The van der Waals surface area contributed by atoms with Crippen molar-refractivity contribution in [2.45, 2.75) is 38.0 Å². The van der Waals surface area contributed by atoms with E-state index in [-0.39, 0.29) is 36.9 Å². The first-order valence-corrected chi connectivity index (χ1v) is 11.4. The lowest BCUT2D eigenvalue weighted by Crippen LogP contribution is -2.40. The van der Waals surface area contributed by atoms with Gasteiger partial charge >= 0.3 is 0 Å². The minimum absolute atomic E-state index is 0.0973. The van der Waals surface area contributed by atoms with Crippen molar-refractivity contribution >= 4 is 39.5 Å². The van der Waals surface area contributed by atoms with Crippen molar-refractivity contribution in [3.63, 3.8) is 0 Å². The third-order valence-corrected chi connectivity index (χ3v) is 5.76. The van der Waals surface area contributed by atoms with Gasteiger partial charge in [-0.05, 0) is 12.8 Å². The molecule has 0 saturated heterocycles. The molecule has 1 heterocycles. The van der Waals surface area contributed by atoms with Crippen LogP contribution in [0.2, 0.25) is 0 Å². The number of thiazole rings is 1. The molecule has 10 nitrogen and oxygen atoms in total. The summed E-state index contributed by atoms with van der Waals surface area (Å²) < 4.78 is 22.2. The third kappa shape index (κ3) is 8.31. The molecule has 28 heavy (non-hydrogen) atoms. The van der Waals surface area contributed by atoms with Gasteiger partial charge in [-0.25, -0.2) is 13.4 Å². The average molecular weight is 436 g/mol. The molecule has 1 aromatic heterocycles. The topological polar surface area (TPSA) is 154 Å². The molecule has 2 rings (SSSR count). The van der Waals surface area contributed by atoms with E-state index in [0.717, 1.165) is 11.9 Å². The summed E-state index contributed by atoms with van der Waals surface area (Å²) >= 11 is 1.46. The van der Waals surface area contributed by atoms with E-state index in [1.54, 1.807) is 17.5 Å². The number of hydrogen-bond acceptors (Lipinski definition) is 8.